The maximum Gasteiger partial charge on any atom is 0.127 e. The first-order valence-electron chi connectivity index (χ1n) is 10.5. The Bertz CT molecular complexity index is 862. The molecule has 30 heavy (non-hydrogen) atoms. The molecular formula is C28H30O2. The lowest BCUT2D eigenvalue weighted by Crippen LogP contribution is -1.85. The number of para-hydroxylation sites is 2. The van der Waals surface area contributed by atoms with E-state index >= 15 is 0 Å². The molecule has 4 rings (SSSR count). The van der Waals surface area contributed by atoms with Crippen LogP contribution in [0.15, 0.2) is 109 Å². The average molecular weight is 399 g/mol. The van der Waals surface area contributed by atoms with E-state index in [1.807, 2.05) is 113 Å². The lowest BCUT2D eigenvalue weighted by atomic mass is 10.1. The van der Waals surface area contributed by atoms with E-state index in [-0.39, 0.29) is 0 Å². The minimum Gasteiger partial charge on any atom is -0.457 e. The number of benzene rings is 4. The van der Waals surface area contributed by atoms with Crippen molar-refractivity contribution in [2.24, 2.45) is 0 Å². The third kappa shape index (κ3) is 6.82. The minimum atomic E-state index is 0.823. The standard InChI is InChI=1S/C24H18O2.2C2H6/c1-3-7-21(8-4-1)25-23-15-11-19(12-16-23)20-13-17-24(18-14-20)26-22-9-5-2-6-10-22;2*1-2/h1-18H;2*1-2H3. The Hall–Kier alpha value is -3.52. The Balaban J connectivity index is 0.000000757. The van der Waals surface area contributed by atoms with Gasteiger partial charge in [-0.1, -0.05) is 88.4 Å². The Morgan fingerprint density at radius 3 is 0.900 bits per heavy atom. The van der Waals surface area contributed by atoms with Gasteiger partial charge in [-0.15, -0.1) is 0 Å². The highest BCUT2D eigenvalue weighted by atomic mass is 16.5. The molecular weight excluding hydrogens is 368 g/mol. The summed E-state index contributed by atoms with van der Waals surface area (Å²) in [7, 11) is 0. The summed E-state index contributed by atoms with van der Waals surface area (Å²) in [6.45, 7) is 8.00. The summed E-state index contributed by atoms with van der Waals surface area (Å²) in [6.07, 6.45) is 0. The van der Waals surface area contributed by atoms with Crippen LogP contribution in [0.3, 0.4) is 0 Å². The van der Waals surface area contributed by atoms with Gasteiger partial charge in [-0.05, 0) is 59.7 Å². The fraction of sp³-hybridized carbons (Fsp3) is 0.143. The van der Waals surface area contributed by atoms with E-state index in [1.54, 1.807) is 0 Å². The fourth-order valence-electron chi connectivity index (χ4n) is 2.68. The van der Waals surface area contributed by atoms with E-state index in [0.717, 1.165) is 34.1 Å². The molecule has 0 atom stereocenters. The molecule has 0 bridgehead atoms. The third-order valence-electron chi connectivity index (χ3n) is 4.00. The van der Waals surface area contributed by atoms with Crippen molar-refractivity contribution in [1.29, 1.82) is 0 Å². The van der Waals surface area contributed by atoms with Crippen LogP contribution in [0.5, 0.6) is 23.0 Å². The molecule has 2 heteroatoms. The van der Waals surface area contributed by atoms with Gasteiger partial charge in [0.15, 0.2) is 0 Å². The van der Waals surface area contributed by atoms with Gasteiger partial charge in [0, 0.05) is 0 Å². The molecule has 0 aromatic heterocycles. The van der Waals surface area contributed by atoms with E-state index in [2.05, 4.69) is 24.3 Å². The number of ether oxygens (including phenoxy) is 2. The van der Waals surface area contributed by atoms with Crippen molar-refractivity contribution in [2.45, 2.75) is 27.7 Å². The molecule has 0 aliphatic rings. The van der Waals surface area contributed by atoms with Crippen LogP contribution in [0.1, 0.15) is 27.7 Å². The van der Waals surface area contributed by atoms with Crippen LogP contribution in [-0.4, -0.2) is 0 Å². The van der Waals surface area contributed by atoms with Crippen LogP contribution in [-0.2, 0) is 0 Å². The fourth-order valence-corrected chi connectivity index (χ4v) is 2.68. The Kier molecular flexibility index (Phi) is 9.75. The van der Waals surface area contributed by atoms with Gasteiger partial charge in [0.1, 0.15) is 23.0 Å². The quantitative estimate of drug-likeness (QED) is 0.334. The summed E-state index contributed by atoms with van der Waals surface area (Å²) in [5, 5.41) is 0. The maximum atomic E-state index is 5.83. The molecule has 0 saturated heterocycles. The minimum absolute atomic E-state index is 0.823. The summed E-state index contributed by atoms with van der Waals surface area (Å²) in [5.41, 5.74) is 2.27. The molecule has 0 amide bonds. The van der Waals surface area contributed by atoms with Crippen molar-refractivity contribution in [3.8, 4) is 34.1 Å². The molecule has 154 valence electrons. The van der Waals surface area contributed by atoms with Gasteiger partial charge in [0.05, 0.1) is 0 Å². The topological polar surface area (TPSA) is 18.5 Å². The van der Waals surface area contributed by atoms with Gasteiger partial charge in [0.2, 0.25) is 0 Å². The van der Waals surface area contributed by atoms with Crippen molar-refractivity contribution < 1.29 is 9.47 Å². The smallest absolute Gasteiger partial charge is 0.127 e. The van der Waals surface area contributed by atoms with Crippen LogP contribution in [0, 0.1) is 0 Å². The zero-order valence-corrected chi connectivity index (χ0v) is 18.2. The van der Waals surface area contributed by atoms with Crippen molar-refractivity contribution in [1.82, 2.24) is 0 Å². The Morgan fingerprint density at radius 2 is 0.600 bits per heavy atom. The molecule has 0 radical (unpaired) electrons. The molecule has 0 aliphatic heterocycles. The first-order valence-corrected chi connectivity index (χ1v) is 10.5. The van der Waals surface area contributed by atoms with E-state index < -0.39 is 0 Å². The number of rotatable bonds is 5. The first kappa shape index (κ1) is 22.8. The molecule has 0 heterocycles. The molecule has 0 saturated carbocycles. The Morgan fingerprint density at radius 1 is 0.333 bits per heavy atom. The van der Waals surface area contributed by atoms with Gasteiger partial charge in [0.25, 0.3) is 0 Å². The van der Waals surface area contributed by atoms with Gasteiger partial charge in [-0.25, -0.2) is 0 Å². The predicted octanol–water partition coefficient (Wildman–Crippen LogP) is 8.99. The summed E-state index contributed by atoms with van der Waals surface area (Å²) >= 11 is 0. The SMILES string of the molecule is CC.CC.c1ccc(Oc2ccc(-c3ccc(Oc4ccccc4)cc3)cc2)cc1. The highest BCUT2D eigenvalue weighted by Crippen LogP contribution is 2.28. The average Bonchev–Trinajstić information content (AvgIpc) is 2.84. The largest absolute Gasteiger partial charge is 0.457 e. The monoisotopic (exact) mass is 398 g/mol. The summed E-state index contributed by atoms with van der Waals surface area (Å²) in [6, 6.07) is 35.7. The predicted molar refractivity (Wildman–Crippen MR) is 128 cm³/mol. The van der Waals surface area contributed by atoms with E-state index in [4.69, 9.17) is 9.47 Å². The lowest BCUT2D eigenvalue weighted by Gasteiger charge is -2.08. The second-order valence-electron chi connectivity index (χ2n) is 5.88. The summed E-state index contributed by atoms with van der Waals surface area (Å²) < 4.78 is 11.7. The highest BCUT2D eigenvalue weighted by Gasteiger charge is 2.02. The molecule has 2 nitrogen and oxygen atoms in total. The van der Waals surface area contributed by atoms with Crippen molar-refractivity contribution in [2.75, 3.05) is 0 Å². The molecule has 0 aliphatic carbocycles. The van der Waals surface area contributed by atoms with Crippen molar-refractivity contribution in [3.05, 3.63) is 109 Å². The number of hydrogen-bond donors (Lipinski definition) is 0. The number of hydrogen-bond acceptors (Lipinski definition) is 2. The zero-order valence-electron chi connectivity index (χ0n) is 18.2. The van der Waals surface area contributed by atoms with Gasteiger partial charge in [-0.2, -0.15) is 0 Å². The Labute approximate surface area is 180 Å². The maximum absolute atomic E-state index is 5.83. The van der Waals surface area contributed by atoms with Crippen LogP contribution in [0.4, 0.5) is 0 Å². The summed E-state index contributed by atoms with van der Waals surface area (Å²) in [5.74, 6) is 3.32. The van der Waals surface area contributed by atoms with Crippen LogP contribution in [0.25, 0.3) is 11.1 Å². The van der Waals surface area contributed by atoms with Crippen molar-refractivity contribution >= 4 is 0 Å². The molecule has 0 fully saturated rings. The highest BCUT2D eigenvalue weighted by molar-refractivity contribution is 5.65. The molecule has 0 spiro atoms. The lowest BCUT2D eigenvalue weighted by molar-refractivity contribution is 0.482. The van der Waals surface area contributed by atoms with Crippen molar-refractivity contribution in [3.63, 3.8) is 0 Å². The molecule has 0 unspecified atom stereocenters. The van der Waals surface area contributed by atoms with Gasteiger partial charge >= 0.3 is 0 Å². The van der Waals surface area contributed by atoms with E-state index in [0.29, 0.717) is 0 Å². The third-order valence-corrected chi connectivity index (χ3v) is 4.00. The normalized spacial score (nSPS) is 9.33. The van der Waals surface area contributed by atoms with Gasteiger partial charge in [-0.3, -0.25) is 0 Å². The van der Waals surface area contributed by atoms with E-state index in [9.17, 15) is 0 Å². The first-order chi connectivity index (χ1) is 14.9. The second kappa shape index (κ2) is 12.8. The zero-order chi connectivity index (χ0) is 21.6. The van der Waals surface area contributed by atoms with Crippen LogP contribution < -0.4 is 9.47 Å². The second-order valence-corrected chi connectivity index (χ2v) is 5.88. The van der Waals surface area contributed by atoms with Gasteiger partial charge < -0.3 is 9.47 Å². The molecule has 4 aromatic rings. The van der Waals surface area contributed by atoms with Crippen LogP contribution in [0.2, 0.25) is 0 Å². The molecule has 0 N–H and O–H groups in total. The van der Waals surface area contributed by atoms with Crippen LogP contribution >= 0.6 is 0 Å². The van der Waals surface area contributed by atoms with E-state index in [1.165, 1.54) is 0 Å². The molecule has 4 aromatic carbocycles. The summed E-state index contributed by atoms with van der Waals surface area (Å²) in [4.78, 5) is 0.